The summed E-state index contributed by atoms with van der Waals surface area (Å²) in [6.07, 6.45) is 4.19. The zero-order valence-electron chi connectivity index (χ0n) is 9.76. The van der Waals surface area contributed by atoms with E-state index in [2.05, 4.69) is 17.9 Å². The van der Waals surface area contributed by atoms with Crippen LogP contribution >= 0.6 is 0 Å². The molecular formula is C14H19NO. The van der Waals surface area contributed by atoms with Crippen molar-refractivity contribution < 1.29 is 5.11 Å². The summed E-state index contributed by atoms with van der Waals surface area (Å²) in [5.41, 5.74) is 1.24. The molecule has 1 aliphatic carbocycles. The molecule has 1 aromatic carbocycles. The highest BCUT2D eigenvalue weighted by Crippen LogP contribution is 2.42. The first-order valence-corrected chi connectivity index (χ1v) is 6.28. The van der Waals surface area contributed by atoms with Gasteiger partial charge in [0.25, 0.3) is 0 Å². The van der Waals surface area contributed by atoms with Gasteiger partial charge in [-0.3, -0.25) is 4.90 Å². The van der Waals surface area contributed by atoms with E-state index >= 15 is 0 Å². The second-order valence-electron chi connectivity index (χ2n) is 5.30. The predicted molar refractivity (Wildman–Crippen MR) is 64.4 cm³/mol. The van der Waals surface area contributed by atoms with Crippen LogP contribution in [0.4, 0.5) is 0 Å². The number of hydrogen-bond acceptors (Lipinski definition) is 2. The van der Waals surface area contributed by atoms with Crippen LogP contribution in [0.1, 0.15) is 37.8 Å². The van der Waals surface area contributed by atoms with Gasteiger partial charge in [-0.15, -0.1) is 0 Å². The first-order chi connectivity index (χ1) is 7.74. The van der Waals surface area contributed by atoms with E-state index < -0.39 is 0 Å². The fourth-order valence-corrected chi connectivity index (χ4v) is 3.41. The minimum Gasteiger partial charge on any atom is -0.508 e. The number of benzene rings is 1. The van der Waals surface area contributed by atoms with Gasteiger partial charge in [0.15, 0.2) is 0 Å². The largest absolute Gasteiger partial charge is 0.508 e. The second kappa shape index (κ2) is 3.77. The Morgan fingerprint density at radius 1 is 1.38 bits per heavy atom. The molecule has 0 spiro atoms. The molecule has 2 fully saturated rings. The van der Waals surface area contributed by atoms with Crippen molar-refractivity contribution in [3.63, 3.8) is 0 Å². The molecular weight excluding hydrogens is 198 g/mol. The summed E-state index contributed by atoms with van der Waals surface area (Å²) in [5.74, 6) is 1.32. The molecule has 2 aliphatic rings. The van der Waals surface area contributed by atoms with Crippen molar-refractivity contribution in [1.29, 1.82) is 0 Å². The van der Waals surface area contributed by atoms with Crippen molar-refractivity contribution in [2.24, 2.45) is 5.92 Å². The highest BCUT2D eigenvalue weighted by atomic mass is 16.3. The minimum absolute atomic E-state index is 0.383. The summed E-state index contributed by atoms with van der Waals surface area (Å²) in [6, 6.07) is 8.94. The molecule has 2 bridgehead atoms. The molecule has 1 aromatic rings. The Morgan fingerprint density at radius 3 is 2.88 bits per heavy atom. The maximum absolute atomic E-state index is 9.52. The second-order valence-corrected chi connectivity index (χ2v) is 5.30. The topological polar surface area (TPSA) is 23.5 Å². The van der Waals surface area contributed by atoms with Crippen LogP contribution in [0, 0.1) is 5.92 Å². The van der Waals surface area contributed by atoms with E-state index in [4.69, 9.17) is 0 Å². The summed E-state index contributed by atoms with van der Waals surface area (Å²) in [6.45, 7) is 3.51. The number of fused-ring (bicyclic) bond motifs is 2. The Kier molecular flexibility index (Phi) is 2.40. The van der Waals surface area contributed by atoms with Crippen molar-refractivity contribution in [3.8, 4) is 5.75 Å². The van der Waals surface area contributed by atoms with Crippen LogP contribution in [-0.2, 0) is 0 Å². The van der Waals surface area contributed by atoms with Gasteiger partial charge in [0.05, 0.1) is 0 Å². The number of piperidine rings is 1. The number of aromatic hydroxyl groups is 1. The lowest BCUT2D eigenvalue weighted by Gasteiger charge is -2.33. The van der Waals surface area contributed by atoms with Crippen LogP contribution in [0.15, 0.2) is 24.3 Å². The van der Waals surface area contributed by atoms with Crippen molar-refractivity contribution in [1.82, 2.24) is 4.90 Å². The molecule has 2 heteroatoms. The molecule has 1 saturated carbocycles. The minimum atomic E-state index is 0.383. The molecule has 86 valence electrons. The Morgan fingerprint density at radius 2 is 2.25 bits per heavy atom. The molecule has 0 aromatic heterocycles. The van der Waals surface area contributed by atoms with Gasteiger partial charge in [0, 0.05) is 18.6 Å². The molecule has 0 radical (unpaired) electrons. The molecule has 16 heavy (non-hydrogen) atoms. The lowest BCUT2D eigenvalue weighted by Crippen LogP contribution is -2.34. The van der Waals surface area contributed by atoms with Crippen LogP contribution in [0.3, 0.4) is 0 Å². The number of phenolic OH excluding ortho intramolecular Hbond substituents is 1. The van der Waals surface area contributed by atoms with Crippen molar-refractivity contribution >= 4 is 0 Å². The fourth-order valence-electron chi connectivity index (χ4n) is 3.41. The van der Waals surface area contributed by atoms with Gasteiger partial charge < -0.3 is 5.11 Å². The summed E-state index contributed by atoms with van der Waals surface area (Å²) in [5, 5.41) is 9.52. The van der Waals surface area contributed by atoms with E-state index in [1.54, 1.807) is 6.07 Å². The van der Waals surface area contributed by atoms with Gasteiger partial charge in [0.1, 0.15) is 5.75 Å². The number of phenols is 1. The molecule has 1 N–H and O–H groups in total. The molecule has 3 atom stereocenters. The maximum atomic E-state index is 9.52. The van der Waals surface area contributed by atoms with Gasteiger partial charge in [-0.2, -0.15) is 0 Å². The van der Waals surface area contributed by atoms with Gasteiger partial charge >= 0.3 is 0 Å². The van der Waals surface area contributed by atoms with Crippen LogP contribution in [0.25, 0.3) is 0 Å². The number of likely N-dealkylation sites (tertiary alicyclic amines) is 1. The van der Waals surface area contributed by atoms with Crippen molar-refractivity contribution in [2.45, 2.75) is 38.3 Å². The molecule has 2 nitrogen and oxygen atoms in total. The van der Waals surface area contributed by atoms with Crippen LogP contribution in [-0.4, -0.2) is 22.6 Å². The van der Waals surface area contributed by atoms with Crippen molar-refractivity contribution in [3.05, 3.63) is 29.8 Å². The Balaban J connectivity index is 1.80. The maximum Gasteiger partial charge on any atom is 0.115 e. The van der Waals surface area contributed by atoms with E-state index in [1.165, 1.54) is 31.4 Å². The molecule has 1 aliphatic heterocycles. The monoisotopic (exact) mass is 217 g/mol. The van der Waals surface area contributed by atoms with E-state index in [-0.39, 0.29) is 0 Å². The predicted octanol–water partition coefficient (Wildman–Crippen LogP) is 2.94. The fraction of sp³-hybridized carbons (Fsp3) is 0.571. The average Bonchev–Trinajstić information content (AvgIpc) is 2.89. The summed E-state index contributed by atoms with van der Waals surface area (Å²) in [4.78, 5) is 2.61. The first-order valence-electron chi connectivity index (χ1n) is 6.28. The lowest BCUT2D eigenvalue weighted by atomic mass is 10.0. The normalized spacial score (nSPS) is 30.8. The quantitative estimate of drug-likeness (QED) is 0.823. The van der Waals surface area contributed by atoms with E-state index in [9.17, 15) is 5.11 Å². The third-order valence-electron chi connectivity index (χ3n) is 4.30. The Bertz CT molecular complexity index is 390. The summed E-state index contributed by atoms with van der Waals surface area (Å²) < 4.78 is 0. The van der Waals surface area contributed by atoms with Gasteiger partial charge in [-0.05, 0) is 49.8 Å². The Labute approximate surface area is 96.9 Å². The number of rotatable bonds is 2. The molecule has 0 amide bonds. The highest BCUT2D eigenvalue weighted by Gasteiger charge is 2.39. The zero-order valence-corrected chi connectivity index (χ0v) is 9.76. The van der Waals surface area contributed by atoms with E-state index in [0.717, 1.165) is 12.0 Å². The van der Waals surface area contributed by atoms with Gasteiger partial charge in [-0.25, -0.2) is 0 Å². The molecule has 3 unspecified atom stereocenters. The SMILES string of the molecule is CC(c1cccc(O)c1)N1CC2CCC1C2. The van der Waals surface area contributed by atoms with E-state index in [1.807, 2.05) is 12.1 Å². The lowest BCUT2D eigenvalue weighted by molar-refractivity contribution is 0.160. The van der Waals surface area contributed by atoms with Crippen LogP contribution in [0.2, 0.25) is 0 Å². The average molecular weight is 217 g/mol. The number of hydrogen-bond donors (Lipinski definition) is 1. The highest BCUT2D eigenvalue weighted by molar-refractivity contribution is 5.29. The van der Waals surface area contributed by atoms with E-state index in [0.29, 0.717) is 11.8 Å². The molecule has 3 rings (SSSR count). The smallest absolute Gasteiger partial charge is 0.115 e. The Hall–Kier alpha value is -1.02. The number of nitrogens with zero attached hydrogens (tertiary/aromatic N) is 1. The third kappa shape index (κ3) is 1.61. The standard InChI is InChI=1S/C14H19NO/c1-10(12-3-2-4-14(16)8-12)15-9-11-5-6-13(15)7-11/h2-4,8,10-11,13,16H,5-7,9H2,1H3. The van der Waals surface area contributed by atoms with Gasteiger partial charge in [0.2, 0.25) is 0 Å². The molecule has 1 heterocycles. The summed E-state index contributed by atoms with van der Waals surface area (Å²) >= 11 is 0. The van der Waals surface area contributed by atoms with Gasteiger partial charge in [-0.1, -0.05) is 12.1 Å². The van der Waals surface area contributed by atoms with Crippen LogP contribution < -0.4 is 0 Å². The first kappa shape index (κ1) is 10.2. The summed E-state index contributed by atoms with van der Waals surface area (Å²) in [7, 11) is 0. The van der Waals surface area contributed by atoms with Crippen molar-refractivity contribution in [2.75, 3.05) is 6.54 Å². The van der Waals surface area contributed by atoms with Crippen LogP contribution in [0.5, 0.6) is 5.75 Å². The molecule has 1 saturated heterocycles. The zero-order chi connectivity index (χ0) is 11.1. The third-order valence-corrected chi connectivity index (χ3v) is 4.30.